The molecule has 0 amide bonds. The van der Waals surface area contributed by atoms with Crippen LogP contribution in [0.5, 0.6) is 0 Å². The van der Waals surface area contributed by atoms with Gasteiger partial charge in [-0.15, -0.1) is 0 Å². The van der Waals surface area contributed by atoms with Gasteiger partial charge in [0.25, 0.3) is 0 Å². The molecule has 1 aromatic heterocycles. The Labute approximate surface area is 128 Å². The molecule has 1 aromatic rings. The highest BCUT2D eigenvalue weighted by atomic mass is 16.7. The van der Waals surface area contributed by atoms with E-state index >= 15 is 0 Å². The third-order valence-electron chi connectivity index (χ3n) is 3.66. The number of aliphatic imine (C=N–C) groups is 1. The normalized spacial score (nSPS) is 20.2. The Bertz CT molecular complexity index is 687. The molecule has 4 heterocycles. The lowest BCUT2D eigenvalue weighted by Crippen LogP contribution is -2.44. The van der Waals surface area contributed by atoms with Gasteiger partial charge in [-0.25, -0.2) is 15.0 Å². The summed E-state index contributed by atoms with van der Waals surface area (Å²) >= 11 is 0. The third kappa shape index (κ3) is 2.46. The van der Waals surface area contributed by atoms with Crippen molar-refractivity contribution in [1.29, 1.82) is 0 Å². The second kappa shape index (κ2) is 5.61. The molecule has 1 fully saturated rings. The summed E-state index contributed by atoms with van der Waals surface area (Å²) in [5.41, 5.74) is 1.72. The van der Waals surface area contributed by atoms with Crippen LogP contribution in [0.25, 0.3) is 5.57 Å². The first kappa shape index (κ1) is 13.0. The number of allylic oxidation sites excluding steroid dienone is 3. The lowest BCUT2D eigenvalue weighted by Gasteiger charge is -2.28. The molecule has 0 bridgehead atoms. The van der Waals surface area contributed by atoms with Crippen LogP contribution in [0.1, 0.15) is 5.69 Å². The van der Waals surface area contributed by atoms with E-state index in [1.807, 2.05) is 24.4 Å². The van der Waals surface area contributed by atoms with Crippen molar-refractivity contribution < 1.29 is 4.84 Å². The summed E-state index contributed by atoms with van der Waals surface area (Å²) < 4.78 is 0. The third-order valence-corrected chi connectivity index (χ3v) is 3.66. The van der Waals surface area contributed by atoms with Gasteiger partial charge in [-0.3, -0.25) is 0 Å². The van der Waals surface area contributed by atoms with Gasteiger partial charge < -0.3 is 15.1 Å². The van der Waals surface area contributed by atoms with Crippen LogP contribution >= 0.6 is 0 Å². The number of hydrogen-bond donors (Lipinski definition) is 1. The van der Waals surface area contributed by atoms with Gasteiger partial charge in [0.15, 0.2) is 5.82 Å². The fourth-order valence-corrected chi connectivity index (χ4v) is 2.51. The Hall–Kier alpha value is -2.67. The molecule has 7 nitrogen and oxygen atoms in total. The molecule has 0 unspecified atom stereocenters. The fraction of sp³-hybridized carbons (Fsp3) is 0.267. The molecule has 0 saturated carbocycles. The maximum absolute atomic E-state index is 5.55. The van der Waals surface area contributed by atoms with Crippen LogP contribution in [-0.4, -0.2) is 47.4 Å². The van der Waals surface area contributed by atoms with Gasteiger partial charge in [-0.2, -0.15) is 5.06 Å². The van der Waals surface area contributed by atoms with E-state index in [4.69, 9.17) is 4.84 Å². The predicted molar refractivity (Wildman–Crippen MR) is 83.7 cm³/mol. The summed E-state index contributed by atoms with van der Waals surface area (Å²) in [5, 5.41) is 4.94. The van der Waals surface area contributed by atoms with Crippen LogP contribution < -0.4 is 10.2 Å². The number of rotatable bonds is 2. The van der Waals surface area contributed by atoms with E-state index in [0.29, 0.717) is 0 Å². The first-order chi connectivity index (χ1) is 10.9. The number of fused-ring (bicyclic) bond motifs is 1. The van der Waals surface area contributed by atoms with Crippen molar-refractivity contribution in [2.45, 2.75) is 0 Å². The summed E-state index contributed by atoms with van der Waals surface area (Å²) in [6.07, 6.45) is 10.8. The largest absolute Gasteiger partial charge is 0.381 e. The molecular weight excluding hydrogens is 280 g/mol. The predicted octanol–water partition coefficient (Wildman–Crippen LogP) is 0.914. The molecule has 0 radical (unpaired) electrons. The molecule has 3 aliphatic heterocycles. The van der Waals surface area contributed by atoms with Crippen molar-refractivity contribution in [2.75, 3.05) is 31.1 Å². The lowest BCUT2D eigenvalue weighted by atomic mass is 10.2. The van der Waals surface area contributed by atoms with Gasteiger partial charge in [0, 0.05) is 50.4 Å². The van der Waals surface area contributed by atoms with Crippen molar-refractivity contribution in [3.05, 3.63) is 48.4 Å². The van der Waals surface area contributed by atoms with Gasteiger partial charge in [-0.05, 0) is 18.2 Å². The van der Waals surface area contributed by atoms with Crippen LogP contribution in [0, 0.1) is 0 Å². The number of hydrogen-bond acceptors (Lipinski definition) is 7. The molecule has 1 saturated heterocycles. The number of hydroxylamine groups is 2. The zero-order valence-corrected chi connectivity index (χ0v) is 12.0. The highest BCUT2D eigenvalue weighted by molar-refractivity contribution is 5.77. The van der Waals surface area contributed by atoms with Crippen molar-refractivity contribution >= 4 is 17.7 Å². The van der Waals surface area contributed by atoms with Gasteiger partial charge in [0.1, 0.15) is 6.26 Å². The van der Waals surface area contributed by atoms with E-state index in [9.17, 15) is 0 Å². The standard InChI is InChI=1S/C15H16N6O/c1-3-17-14-10-12(11-22-21(14)7-1)13-2-4-18-15(19-13)20-8-5-16-6-9-20/h1-4,7,10-11,16H,5-6,8-9H2. The van der Waals surface area contributed by atoms with Crippen molar-refractivity contribution in [1.82, 2.24) is 20.3 Å². The molecule has 0 spiro atoms. The van der Waals surface area contributed by atoms with Crippen molar-refractivity contribution in [2.24, 2.45) is 4.99 Å². The van der Waals surface area contributed by atoms with E-state index < -0.39 is 0 Å². The van der Waals surface area contributed by atoms with Gasteiger partial charge in [0.2, 0.25) is 5.95 Å². The summed E-state index contributed by atoms with van der Waals surface area (Å²) in [7, 11) is 0. The zero-order valence-electron chi connectivity index (χ0n) is 12.0. The number of aromatic nitrogens is 2. The molecule has 0 aromatic carbocycles. The number of anilines is 1. The molecular formula is C15H16N6O. The molecule has 112 valence electrons. The van der Waals surface area contributed by atoms with E-state index in [1.165, 1.54) is 0 Å². The zero-order chi connectivity index (χ0) is 14.8. The molecule has 1 N–H and O–H groups in total. The number of nitrogens with one attached hydrogen (secondary N) is 1. The minimum absolute atomic E-state index is 0.738. The Morgan fingerprint density at radius 3 is 3.05 bits per heavy atom. The van der Waals surface area contributed by atoms with E-state index in [1.54, 1.807) is 23.7 Å². The molecule has 0 atom stereocenters. The summed E-state index contributed by atoms with van der Waals surface area (Å²) in [4.78, 5) is 21.1. The first-order valence-electron chi connectivity index (χ1n) is 7.28. The average molecular weight is 296 g/mol. The fourth-order valence-electron chi connectivity index (χ4n) is 2.51. The maximum Gasteiger partial charge on any atom is 0.225 e. The number of piperazine rings is 1. The lowest BCUT2D eigenvalue weighted by molar-refractivity contribution is -0.0264. The van der Waals surface area contributed by atoms with Gasteiger partial charge in [-0.1, -0.05) is 0 Å². The van der Waals surface area contributed by atoms with Crippen LogP contribution in [0.4, 0.5) is 5.95 Å². The van der Waals surface area contributed by atoms with Crippen molar-refractivity contribution in [3.8, 4) is 0 Å². The molecule has 0 aliphatic carbocycles. The van der Waals surface area contributed by atoms with E-state index in [-0.39, 0.29) is 0 Å². The quantitative estimate of drug-likeness (QED) is 0.875. The Balaban J connectivity index is 1.60. The average Bonchev–Trinajstić information content (AvgIpc) is 2.62. The Morgan fingerprint density at radius 1 is 1.23 bits per heavy atom. The highest BCUT2D eigenvalue weighted by Gasteiger charge is 2.18. The second-order valence-electron chi connectivity index (χ2n) is 5.11. The topological polar surface area (TPSA) is 65.9 Å². The summed E-state index contributed by atoms with van der Waals surface area (Å²) in [6, 6.07) is 1.88. The second-order valence-corrected chi connectivity index (χ2v) is 5.11. The monoisotopic (exact) mass is 296 g/mol. The SMILES string of the molecule is C1=CN2OC=C(c3ccnc(N4CCNCC4)n3)C=C2N=C1. The highest BCUT2D eigenvalue weighted by Crippen LogP contribution is 2.25. The number of nitrogens with zero attached hydrogens (tertiary/aromatic N) is 5. The molecule has 4 rings (SSSR count). The summed E-state index contributed by atoms with van der Waals surface area (Å²) in [6.45, 7) is 3.75. The van der Waals surface area contributed by atoms with E-state index in [0.717, 1.165) is 49.2 Å². The van der Waals surface area contributed by atoms with Crippen LogP contribution in [0.3, 0.4) is 0 Å². The Morgan fingerprint density at radius 2 is 2.14 bits per heavy atom. The van der Waals surface area contributed by atoms with Crippen LogP contribution in [0.2, 0.25) is 0 Å². The minimum Gasteiger partial charge on any atom is -0.381 e. The molecule has 3 aliphatic rings. The van der Waals surface area contributed by atoms with Crippen LogP contribution in [0.15, 0.2) is 47.7 Å². The van der Waals surface area contributed by atoms with E-state index in [2.05, 4.69) is 25.2 Å². The molecule has 22 heavy (non-hydrogen) atoms. The smallest absolute Gasteiger partial charge is 0.225 e. The Kier molecular flexibility index (Phi) is 3.32. The molecule has 7 heteroatoms. The van der Waals surface area contributed by atoms with Gasteiger partial charge >= 0.3 is 0 Å². The van der Waals surface area contributed by atoms with Crippen LogP contribution in [-0.2, 0) is 4.84 Å². The van der Waals surface area contributed by atoms with Crippen molar-refractivity contribution in [3.63, 3.8) is 0 Å². The van der Waals surface area contributed by atoms with Gasteiger partial charge in [0.05, 0.1) is 5.69 Å². The first-order valence-corrected chi connectivity index (χ1v) is 7.28. The summed E-state index contributed by atoms with van der Waals surface area (Å²) in [5.74, 6) is 1.50. The maximum atomic E-state index is 5.55. The minimum atomic E-state index is 0.738.